The number of aliphatic carboxylic acids is 1. The molecule has 0 aliphatic heterocycles. The van der Waals surface area contributed by atoms with Crippen LogP contribution in [0.15, 0.2) is 11.5 Å². The molecule has 68 valence electrons. The van der Waals surface area contributed by atoms with Crippen LogP contribution in [0.2, 0.25) is 0 Å². The first-order valence-corrected chi connectivity index (χ1v) is 3.56. The van der Waals surface area contributed by atoms with Gasteiger partial charge in [-0.1, -0.05) is 0 Å². The summed E-state index contributed by atoms with van der Waals surface area (Å²) in [6.45, 7) is 0. The zero-order chi connectivity index (χ0) is 9.35. The third-order valence-corrected chi connectivity index (χ3v) is 1.97. The number of allylic oxidation sites excluding steroid dienone is 1. The molecule has 0 spiro atoms. The van der Waals surface area contributed by atoms with Crippen LogP contribution in [0.1, 0.15) is 19.3 Å². The van der Waals surface area contributed by atoms with Crippen LogP contribution in [0.4, 0.5) is 0 Å². The second kappa shape index (κ2) is 2.67. The largest absolute Gasteiger partial charge is 0.509 e. The maximum absolute atomic E-state index is 10.5. The van der Waals surface area contributed by atoms with Crippen LogP contribution in [0.5, 0.6) is 0 Å². The van der Waals surface area contributed by atoms with Crippen molar-refractivity contribution in [3.05, 3.63) is 11.5 Å². The summed E-state index contributed by atoms with van der Waals surface area (Å²) in [5.74, 6) is -2.81. The Bertz CT molecular complexity index is 244. The van der Waals surface area contributed by atoms with E-state index in [1.807, 2.05) is 0 Å². The van der Waals surface area contributed by atoms with Crippen molar-refractivity contribution in [3.63, 3.8) is 0 Å². The number of rotatable bonds is 1. The monoisotopic (exact) mass is 174 g/mol. The van der Waals surface area contributed by atoms with Gasteiger partial charge in [0.1, 0.15) is 5.76 Å². The van der Waals surface area contributed by atoms with E-state index in [9.17, 15) is 9.90 Å². The highest BCUT2D eigenvalue weighted by Crippen LogP contribution is 2.30. The van der Waals surface area contributed by atoms with Crippen molar-refractivity contribution in [2.24, 2.45) is 0 Å². The van der Waals surface area contributed by atoms with E-state index in [2.05, 4.69) is 0 Å². The Balaban J connectivity index is 3.06. The van der Waals surface area contributed by atoms with E-state index in [0.29, 0.717) is 6.42 Å². The van der Waals surface area contributed by atoms with Gasteiger partial charge in [0.05, 0.1) is 0 Å². The number of hydrogen-bond acceptors (Lipinski definition) is 4. The fourth-order valence-corrected chi connectivity index (χ4v) is 1.20. The van der Waals surface area contributed by atoms with E-state index < -0.39 is 23.1 Å². The van der Waals surface area contributed by atoms with Crippen molar-refractivity contribution in [2.75, 3.05) is 0 Å². The molecule has 0 aromatic carbocycles. The van der Waals surface area contributed by atoms with Gasteiger partial charge in [0, 0.05) is 6.42 Å². The average Bonchev–Trinajstić information content (AvgIpc) is 2.00. The van der Waals surface area contributed by atoms with Crippen LogP contribution in [0.25, 0.3) is 0 Å². The molecule has 0 saturated carbocycles. The van der Waals surface area contributed by atoms with Crippen LogP contribution in [-0.4, -0.2) is 32.0 Å². The molecular formula is C7H10O5. The Morgan fingerprint density at radius 2 is 2.00 bits per heavy atom. The third-order valence-electron chi connectivity index (χ3n) is 1.97. The molecule has 0 bridgehead atoms. The summed E-state index contributed by atoms with van der Waals surface area (Å²) in [5, 5.41) is 35.9. The molecule has 1 aliphatic rings. The molecular weight excluding hydrogens is 164 g/mol. The van der Waals surface area contributed by atoms with E-state index in [1.165, 1.54) is 0 Å². The molecule has 0 radical (unpaired) electrons. The molecule has 4 N–H and O–H groups in total. The molecule has 0 fully saturated rings. The van der Waals surface area contributed by atoms with Crippen LogP contribution in [0.3, 0.4) is 0 Å². The van der Waals surface area contributed by atoms with Crippen molar-refractivity contribution in [1.29, 1.82) is 0 Å². The lowest BCUT2D eigenvalue weighted by atomic mass is 9.88. The minimum absolute atomic E-state index is 0.0712. The minimum atomic E-state index is -2.29. The third kappa shape index (κ3) is 1.12. The smallest absolute Gasteiger partial charge is 0.343 e. The van der Waals surface area contributed by atoms with Gasteiger partial charge in [0.2, 0.25) is 5.60 Å². The first-order valence-electron chi connectivity index (χ1n) is 3.56. The van der Waals surface area contributed by atoms with Gasteiger partial charge >= 0.3 is 5.97 Å². The molecule has 1 atom stereocenters. The summed E-state index contributed by atoms with van der Waals surface area (Å²) in [6.07, 6.45) is 0.484. The molecule has 0 aromatic rings. The number of carbonyl (C=O) groups is 1. The van der Waals surface area contributed by atoms with E-state index in [-0.39, 0.29) is 12.8 Å². The quantitative estimate of drug-likeness (QED) is 0.458. The fourth-order valence-electron chi connectivity index (χ4n) is 1.20. The number of hydrogen-bond donors (Lipinski definition) is 4. The van der Waals surface area contributed by atoms with Crippen molar-refractivity contribution in [3.8, 4) is 0 Å². The van der Waals surface area contributed by atoms with Gasteiger partial charge < -0.3 is 20.4 Å². The lowest BCUT2D eigenvalue weighted by Gasteiger charge is -2.26. The van der Waals surface area contributed by atoms with E-state index in [0.717, 1.165) is 0 Å². The predicted molar refractivity (Wildman–Crippen MR) is 38.7 cm³/mol. The van der Waals surface area contributed by atoms with Crippen LogP contribution in [0, 0.1) is 0 Å². The number of aliphatic hydroxyl groups excluding tert-OH is 2. The molecule has 5 nitrogen and oxygen atoms in total. The standard InChI is InChI=1S/C7H10O5/c8-4-2-1-3-7(12,5(4)9)6(10)11/h8-9,12H,1-3H2,(H,10,11). The molecule has 1 aliphatic carbocycles. The molecule has 0 saturated heterocycles. The molecule has 12 heavy (non-hydrogen) atoms. The van der Waals surface area contributed by atoms with Crippen molar-refractivity contribution in [1.82, 2.24) is 0 Å². The Morgan fingerprint density at radius 1 is 1.42 bits per heavy atom. The maximum Gasteiger partial charge on any atom is 0.343 e. The Hall–Kier alpha value is -1.23. The lowest BCUT2D eigenvalue weighted by Crippen LogP contribution is -2.43. The fraction of sp³-hybridized carbons (Fsp3) is 0.571. The normalized spacial score (nSPS) is 30.4. The average molecular weight is 174 g/mol. The second-order valence-electron chi connectivity index (χ2n) is 2.81. The van der Waals surface area contributed by atoms with Crippen LogP contribution in [-0.2, 0) is 4.79 Å². The van der Waals surface area contributed by atoms with Gasteiger partial charge in [0.25, 0.3) is 0 Å². The van der Waals surface area contributed by atoms with E-state index >= 15 is 0 Å². The molecule has 1 unspecified atom stereocenters. The summed E-state index contributed by atoms with van der Waals surface area (Å²) >= 11 is 0. The van der Waals surface area contributed by atoms with Crippen molar-refractivity contribution >= 4 is 5.97 Å². The SMILES string of the molecule is O=C(O)C1(O)CCCC(O)=C1O. The minimum Gasteiger partial charge on any atom is -0.509 e. The topological polar surface area (TPSA) is 98.0 Å². The Labute approximate surface area is 68.6 Å². The molecule has 0 aromatic heterocycles. The van der Waals surface area contributed by atoms with Gasteiger partial charge in [-0.15, -0.1) is 0 Å². The van der Waals surface area contributed by atoms with Gasteiger partial charge in [-0.25, -0.2) is 4.79 Å². The molecule has 0 amide bonds. The van der Waals surface area contributed by atoms with Crippen molar-refractivity contribution < 1.29 is 25.2 Å². The van der Waals surface area contributed by atoms with Gasteiger partial charge in [0.15, 0.2) is 5.76 Å². The number of aliphatic hydroxyl groups is 3. The zero-order valence-electron chi connectivity index (χ0n) is 6.32. The number of carboxylic acids is 1. The molecule has 1 rings (SSSR count). The highest BCUT2D eigenvalue weighted by atomic mass is 16.4. The highest BCUT2D eigenvalue weighted by molar-refractivity contribution is 5.81. The molecule has 5 heteroatoms. The first kappa shape index (κ1) is 8.86. The van der Waals surface area contributed by atoms with Gasteiger partial charge in [-0.3, -0.25) is 0 Å². The predicted octanol–water partition coefficient (Wildman–Crippen LogP) is 0.314. The zero-order valence-corrected chi connectivity index (χ0v) is 6.32. The van der Waals surface area contributed by atoms with E-state index in [4.69, 9.17) is 15.3 Å². The highest BCUT2D eigenvalue weighted by Gasteiger charge is 2.44. The van der Waals surface area contributed by atoms with Gasteiger partial charge in [-0.2, -0.15) is 0 Å². The van der Waals surface area contributed by atoms with E-state index in [1.54, 1.807) is 0 Å². The first-order chi connectivity index (χ1) is 5.48. The summed E-state index contributed by atoms with van der Waals surface area (Å²) in [5.41, 5.74) is -2.29. The second-order valence-corrected chi connectivity index (χ2v) is 2.81. The Kier molecular flexibility index (Phi) is 1.97. The maximum atomic E-state index is 10.5. The lowest BCUT2D eigenvalue weighted by molar-refractivity contribution is -0.159. The Morgan fingerprint density at radius 3 is 2.42 bits per heavy atom. The summed E-state index contributed by atoms with van der Waals surface area (Å²) in [6, 6.07) is 0. The summed E-state index contributed by atoms with van der Waals surface area (Å²) in [7, 11) is 0. The van der Waals surface area contributed by atoms with Crippen LogP contribution < -0.4 is 0 Å². The molecule has 0 heterocycles. The summed E-state index contributed by atoms with van der Waals surface area (Å²) < 4.78 is 0. The summed E-state index contributed by atoms with van der Waals surface area (Å²) in [4.78, 5) is 10.5. The van der Waals surface area contributed by atoms with Crippen LogP contribution >= 0.6 is 0 Å². The number of carboxylic acid groups (broad SMARTS) is 1. The van der Waals surface area contributed by atoms with Crippen molar-refractivity contribution in [2.45, 2.75) is 24.9 Å². The van der Waals surface area contributed by atoms with Gasteiger partial charge in [-0.05, 0) is 12.8 Å².